The number of amides is 3. The minimum absolute atomic E-state index is 0.0149. The Morgan fingerprint density at radius 2 is 1.60 bits per heavy atom. The maximum absolute atomic E-state index is 14.1. The van der Waals surface area contributed by atoms with Crippen LogP contribution >= 0.6 is 11.3 Å². The number of halogens is 1. The molecule has 0 saturated carbocycles. The van der Waals surface area contributed by atoms with Crippen molar-refractivity contribution in [3.05, 3.63) is 150 Å². The third kappa shape index (κ3) is 11.0. The molecule has 1 fully saturated rings. The molecule has 4 atom stereocenters. The van der Waals surface area contributed by atoms with E-state index in [1.54, 1.807) is 53.2 Å². The smallest absolute Gasteiger partial charge is 0.246 e. The average molecular weight is 935 g/mol. The van der Waals surface area contributed by atoms with Gasteiger partial charge in [0, 0.05) is 34.8 Å². The lowest BCUT2D eigenvalue weighted by atomic mass is 9.85. The first-order chi connectivity index (χ1) is 32.6. The number of fused-ring (bicyclic) bond motifs is 1. The van der Waals surface area contributed by atoms with Crippen molar-refractivity contribution in [2.75, 3.05) is 13.2 Å². The van der Waals surface area contributed by atoms with Gasteiger partial charge in [0.1, 0.15) is 41.8 Å². The fraction of sp³-hybridized carbons (Fsp3) is 0.264. The maximum Gasteiger partial charge on any atom is 0.246 e. The SMILES string of the molecule is C[C@H](NC(=O)[C@@H]1C[C@@H](O)CN1C(=O)[C@@H](NC(=O)Cc1ccc(-c2ccn(CCOc3ccc(Oc4c(-c5ccc(F)cc5)sc5cc(O)ccc45)cc3)n2)cc1)C(C)(C)C)c1ccc(C#N)cc1. The fourth-order valence-corrected chi connectivity index (χ4v) is 9.29. The van der Waals surface area contributed by atoms with Gasteiger partial charge in [0.25, 0.3) is 0 Å². The van der Waals surface area contributed by atoms with Gasteiger partial charge in [-0.05, 0) is 102 Å². The molecule has 0 spiro atoms. The monoisotopic (exact) mass is 934 g/mol. The number of aliphatic hydroxyl groups is 1. The van der Waals surface area contributed by atoms with Gasteiger partial charge in [-0.25, -0.2) is 4.39 Å². The minimum atomic E-state index is -0.967. The predicted molar refractivity (Wildman–Crippen MR) is 257 cm³/mol. The molecule has 15 heteroatoms. The molecule has 1 saturated heterocycles. The Morgan fingerprint density at radius 3 is 2.29 bits per heavy atom. The van der Waals surface area contributed by atoms with Crippen molar-refractivity contribution in [2.24, 2.45) is 5.41 Å². The summed E-state index contributed by atoms with van der Waals surface area (Å²) in [6.07, 6.45) is 1.05. The van der Waals surface area contributed by atoms with Crippen LogP contribution in [0, 0.1) is 22.6 Å². The number of β-amino-alcohol motifs (C(OH)–C–C–N with tert-alkyl or cyclic N) is 1. The van der Waals surface area contributed by atoms with Gasteiger partial charge < -0.3 is 35.2 Å². The summed E-state index contributed by atoms with van der Waals surface area (Å²) in [5, 5.41) is 41.2. The number of carbonyl (C=O) groups excluding carboxylic acids is 3. The van der Waals surface area contributed by atoms with Gasteiger partial charge in [-0.1, -0.05) is 69.3 Å². The topological polar surface area (TPSA) is 179 Å². The third-order valence-electron chi connectivity index (χ3n) is 11.8. The van der Waals surface area contributed by atoms with Gasteiger partial charge >= 0.3 is 0 Å². The zero-order chi connectivity index (χ0) is 48.1. The molecule has 68 heavy (non-hydrogen) atoms. The molecule has 7 aromatic rings. The zero-order valence-corrected chi connectivity index (χ0v) is 38.8. The van der Waals surface area contributed by atoms with E-state index in [1.807, 2.05) is 94.6 Å². The molecule has 3 amide bonds. The summed E-state index contributed by atoms with van der Waals surface area (Å²) in [5.74, 6) is 0.455. The number of aromatic hydroxyl groups is 1. The summed E-state index contributed by atoms with van der Waals surface area (Å²) in [6, 6.07) is 34.6. The quantitative estimate of drug-likeness (QED) is 0.0781. The highest BCUT2D eigenvalue weighted by Crippen LogP contribution is 2.47. The molecule has 1 aliphatic heterocycles. The molecule has 0 radical (unpaired) electrons. The van der Waals surface area contributed by atoms with Crippen molar-refractivity contribution in [3.63, 3.8) is 0 Å². The van der Waals surface area contributed by atoms with E-state index < -0.39 is 41.5 Å². The van der Waals surface area contributed by atoms with E-state index in [1.165, 1.54) is 28.4 Å². The van der Waals surface area contributed by atoms with Gasteiger partial charge in [-0.3, -0.25) is 19.1 Å². The van der Waals surface area contributed by atoms with E-state index in [0.29, 0.717) is 36.0 Å². The average Bonchev–Trinajstić information content (AvgIpc) is 4.06. The zero-order valence-electron chi connectivity index (χ0n) is 38.0. The highest BCUT2D eigenvalue weighted by atomic mass is 32.1. The Bertz CT molecular complexity index is 2960. The summed E-state index contributed by atoms with van der Waals surface area (Å²) in [5.41, 5.74) is 3.72. The molecule has 2 aromatic heterocycles. The number of nitrogens with one attached hydrogen (secondary N) is 2. The number of nitriles is 1. The summed E-state index contributed by atoms with van der Waals surface area (Å²) >= 11 is 1.45. The molecule has 4 N–H and O–H groups in total. The molecular formula is C53H51FN6O7S. The molecule has 5 aromatic carbocycles. The van der Waals surface area contributed by atoms with Gasteiger partial charge in [0.2, 0.25) is 17.7 Å². The third-order valence-corrected chi connectivity index (χ3v) is 13.0. The number of aromatic nitrogens is 2. The second-order valence-electron chi connectivity index (χ2n) is 17.9. The van der Waals surface area contributed by atoms with E-state index in [4.69, 9.17) is 19.8 Å². The second kappa shape index (κ2) is 20.1. The number of hydrogen-bond acceptors (Lipinski definition) is 10. The van der Waals surface area contributed by atoms with Crippen LogP contribution in [0.2, 0.25) is 0 Å². The van der Waals surface area contributed by atoms with Crippen molar-refractivity contribution < 1.29 is 38.5 Å². The highest BCUT2D eigenvalue weighted by Gasteiger charge is 2.44. The maximum atomic E-state index is 14.1. The lowest BCUT2D eigenvalue weighted by molar-refractivity contribution is -0.144. The van der Waals surface area contributed by atoms with Crippen LogP contribution in [-0.2, 0) is 27.3 Å². The van der Waals surface area contributed by atoms with Crippen LogP contribution < -0.4 is 20.1 Å². The van der Waals surface area contributed by atoms with Gasteiger partial charge in [0.05, 0.1) is 47.3 Å². The van der Waals surface area contributed by atoms with Gasteiger partial charge in [-0.15, -0.1) is 11.3 Å². The van der Waals surface area contributed by atoms with E-state index in [0.717, 1.165) is 42.9 Å². The summed E-state index contributed by atoms with van der Waals surface area (Å²) in [4.78, 5) is 43.3. The van der Waals surface area contributed by atoms with Crippen molar-refractivity contribution in [1.29, 1.82) is 5.26 Å². The number of likely N-dealkylation sites (tertiary alicyclic amines) is 1. The second-order valence-corrected chi connectivity index (χ2v) is 19.0. The van der Waals surface area contributed by atoms with Crippen molar-refractivity contribution in [2.45, 2.75) is 71.3 Å². The van der Waals surface area contributed by atoms with Crippen LogP contribution in [-0.4, -0.2) is 74.0 Å². The Hall–Kier alpha value is -7.54. The Labute approximate surface area is 397 Å². The first-order valence-corrected chi connectivity index (χ1v) is 23.1. The lowest BCUT2D eigenvalue weighted by Gasteiger charge is -2.35. The summed E-state index contributed by atoms with van der Waals surface area (Å²) in [7, 11) is 0. The number of carbonyl (C=O) groups is 3. The van der Waals surface area contributed by atoms with Crippen LogP contribution in [0.1, 0.15) is 56.8 Å². The molecule has 0 aliphatic carbocycles. The van der Waals surface area contributed by atoms with Gasteiger partial charge in [-0.2, -0.15) is 10.4 Å². The predicted octanol–water partition coefficient (Wildman–Crippen LogP) is 8.93. The van der Waals surface area contributed by atoms with Crippen LogP contribution in [0.4, 0.5) is 4.39 Å². The fourth-order valence-electron chi connectivity index (χ4n) is 8.12. The first kappa shape index (κ1) is 47.0. The van der Waals surface area contributed by atoms with Crippen molar-refractivity contribution in [1.82, 2.24) is 25.3 Å². The number of phenolic OH excluding ortho intramolecular Hbond substituents is 1. The van der Waals surface area contributed by atoms with E-state index in [-0.39, 0.29) is 36.9 Å². The minimum Gasteiger partial charge on any atom is -0.508 e. The Balaban J connectivity index is 0.831. The van der Waals surface area contributed by atoms with E-state index >= 15 is 0 Å². The summed E-state index contributed by atoms with van der Waals surface area (Å²) < 4.78 is 28.8. The molecular weight excluding hydrogens is 884 g/mol. The number of benzene rings is 5. The number of ether oxygens (including phenoxy) is 2. The first-order valence-electron chi connectivity index (χ1n) is 22.2. The molecule has 348 valence electrons. The number of nitrogens with zero attached hydrogens (tertiary/aromatic N) is 4. The van der Waals surface area contributed by atoms with Crippen LogP contribution in [0.3, 0.4) is 0 Å². The largest absolute Gasteiger partial charge is 0.508 e. The van der Waals surface area contributed by atoms with E-state index in [2.05, 4.69) is 16.7 Å². The van der Waals surface area contributed by atoms with Crippen molar-refractivity contribution >= 4 is 39.1 Å². The Kier molecular flexibility index (Phi) is 13.9. The number of phenols is 1. The molecule has 13 nitrogen and oxygen atoms in total. The highest BCUT2D eigenvalue weighted by molar-refractivity contribution is 7.22. The lowest BCUT2D eigenvalue weighted by Crippen LogP contribution is -2.58. The molecule has 3 heterocycles. The van der Waals surface area contributed by atoms with E-state index in [9.17, 15) is 29.0 Å². The normalized spacial score (nSPS) is 15.6. The summed E-state index contributed by atoms with van der Waals surface area (Å²) in [6.45, 7) is 8.14. The molecule has 0 bridgehead atoms. The number of thiophene rings is 1. The molecule has 1 aliphatic rings. The van der Waals surface area contributed by atoms with Crippen LogP contribution in [0.5, 0.6) is 23.0 Å². The number of rotatable bonds is 15. The van der Waals surface area contributed by atoms with Crippen LogP contribution in [0.25, 0.3) is 31.8 Å². The molecule has 0 unspecified atom stereocenters. The standard InChI is InChI=1S/C53H51FN6O7S/c1-32(35-9-7-34(30-55)8-10-35)56-51(64)45-28-40(62)31-60(45)52(65)50(53(2,3)4)57-47(63)27-33-5-11-36(12-6-33)44-23-24-59(58-44)25-26-66-41-18-20-42(21-19-41)67-48-43-22-17-39(61)29-46(43)68-49(48)37-13-15-38(54)16-14-37/h5-24,29,32,40,45,50,61-62H,25-28,31H2,1-4H3,(H,56,64)(H,57,63)/t32-,40+,45-,50+/m0/s1. The van der Waals surface area contributed by atoms with Crippen molar-refractivity contribution in [3.8, 4) is 50.8 Å². The number of hydrogen-bond donors (Lipinski definition) is 4. The van der Waals surface area contributed by atoms with Crippen LogP contribution in [0.15, 0.2) is 128 Å². The number of aliphatic hydroxyl groups excluding tert-OH is 1. The Morgan fingerprint density at radius 1 is 0.912 bits per heavy atom. The van der Waals surface area contributed by atoms with Gasteiger partial charge in [0.15, 0.2) is 5.75 Å². The molecule has 8 rings (SSSR count).